The highest BCUT2D eigenvalue weighted by molar-refractivity contribution is 6.76. The Labute approximate surface area is 210 Å². The van der Waals surface area contributed by atoms with Gasteiger partial charge in [-0.1, -0.05) is 37.3 Å². The van der Waals surface area contributed by atoms with E-state index < -0.39 is 26.1 Å². The fraction of sp³-hybridized carbons (Fsp3) is 0.400. The lowest BCUT2D eigenvalue weighted by Gasteiger charge is -2.32. The van der Waals surface area contributed by atoms with Gasteiger partial charge < -0.3 is 9.47 Å². The fourth-order valence-corrected chi connectivity index (χ4v) is 4.88. The summed E-state index contributed by atoms with van der Waals surface area (Å²) < 4.78 is 27.4. The number of carbonyl (C=O) groups is 1. The average molecular weight is 517 g/mol. The van der Waals surface area contributed by atoms with Gasteiger partial charge in [-0.25, -0.2) is 13.9 Å². The third kappa shape index (κ3) is 5.91. The molecule has 0 bridgehead atoms. The summed E-state index contributed by atoms with van der Waals surface area (Å²) in [5.41, 5.74) is 3.08. The Morgan fingerprint density at radius 3 is 2.63 bits per heavy atom. The summed E-state index contributed by atoms with van der Waals surface area (Å²) in [6, 6.07) is 9.28. The maximum Gasteiger partial charge on any atom is 0.416 e. The van der Waals surface area contributed by atoms with Crippen molar-refractivity contribution >= 4 is 31.6 Å². The molecule has 0 spiro atoms. The van der Waals surface area contributed by atoms with Gasteiger partial charge in [-0.05, 0) is 42.8 Å². The second-order valence-electron chi connectivity index (χ2n) is 9.87. The van der Waals surface area contributed by atoms with E-state index >= 15 is 0 Å². The van der Waals surface area contributed by atoms with E-state index in [4.69, 9.17) is 26.2 Å². The zero-order valence-electron chi connectivity index (χ0n) is 20.4. The molecule has 1 fully saturated rings. The number of nitrogens with zero attached hydrogens (tertiary/aromatic N) is 4. The van der Waals surface area contributed by atoms with E-state index in [0.29, 0.717) is 31.0 Å². The zero-order chi connectivity index (χ0) is 25.2. The first-order chi connectivity index (χ1) is 16.6. The smallest absolute Gasteiger partial charge is 0.416 e. The lowest BCUT2D eigenvalue weighted by atomic mass is 10.0. The van der Waals surface area contributed by atoms with Crippen molar-refractivity contribution in [3.8, 4) is 11.3 Å². The highest BCUT2D eigenvalue weighted by Crippen LogP contribution is 2.35. The zero-order valence-corrected chi connectivity index (χ0v) is 22.2. The summed E-state index contributed by atoms with van der Waals surface area (Å²) in [4.78, 5) is 18.8. The number of rotatable bonds is 8. The van der Waals surface area contributed by atoms with Crippen molar-refractivity contribution in [3.05, 3.63) is 64.7 Å². The quantitative estimate of drug-likeness (QED) is 0.254. The van der Waals surface area contributed by atoms with Crippen molar-refractivity contribution in [1.29, 1.82) is 0 Å². The van der Waals surface area contributed by atoms with E-state index in [1.807, 2.05) is 19.1 Å². The van der Waals surface area contributed by atoms with Crippen LogP contribution < -0.4 is 4.90 Å². The molecule has 1 aliphatic heterocycles. The predicted octanol–water partition coefficient (Wildman–Crippen LogP) is 6.45. The normalized spacial score (nSPS) is 16.5. The summed E-state index contributed by atoms with van der Waals surface area (Å²) in [6.07, 6.45) is 2.86. The standard InChI is InChI=1S/C25H30ClFN4O3Si/c1-17-23(18-7-10-28-11-8-18)29-31(16-33-13-14-35(2,3)4)24(17)30-12-9-22(34-25(30)32)19-5-6-20(26)21(27)15-19/h5-8,10-11,15,22H,9,12-14,16H2,1-4H3. The van der Waals surface area contributed by atoms with E-state index in [9.17, 15) is 9.18 Å². The summed E-state index contributed by atoms with van der Waals surface area (Å²) in [6.45, 7) is 10.1. The van der Waals surface area contributed by atoms with Gasteiger partial charge in [0.25, 0.3) is 0 Å². The minimum absolute atomic E-state index is 0.0369. The van der Waals surface area contributed by atoms with E-state index in [-0.39, 0.29) is 11.8 Å². The second kappa shape index (κ2) is 10.5. The van der Waals surface area contributed by atoms with Crippen LogP contribution >= 0.6 is 11.6 Å². The van der Waals surface area contributed by atoms with Crippen molar-refractivity contribution < 1.29 is 18.7 Å². The van der Waals surface area contributed by atoms with Gasteiger partial charge >= 0.3 is 6.09 Å². The Balaban J connectivity index is 1.59. The third-order valence-electron chi connectivity index (χ3n) is 5.97. The van der Waals surface area contributed by atoms with Crippen LogP contribution in [0.1, 0.15) is 23.7 Å². The topological polar surface area (TPSA) is 69.5 Å². The molecule has 4 rings (SSSR count). The molecular formula is C25H30ClFN4O3Si. The van der Waals surface area contributed by atoms with Crippen molar-refractivity contribution in [1.82, 2.24) is 14.8 Å². The van der Waals surface area contributed by atoms with Crippen LogP contribution in [-0.4, -0.2) is 42.1 Å². The average Bonchev–Trinajstić information content (AvgIpc) is 3.14. The number of amides is 1. The molecule has 1 atom stereocenters. The largest absolute Gasteiger partial charge is 0.441 e. The van der Waals surface area contributed by atoms with Crippen LogP contribution in [0.5, 0.6) is 0 Å². The monoisotopic (exact) mass is 516 g/mol. The van der Waals surface area contributed by atoms with Gasteiger partial charge in [0.15, 0.2) is 0 Å². The number of cyclic esters (lactones) is 1. The molecule has 7 nitrogen and oxygen atoms in total. The molecule has 0 aliphatic carbocycles. The molecular weight excluding hydrogens is 487 g/mol. The maximum atomic E-state index is 14.0. The van der Waals surface area contributed by atoms with Gasteiger partial charge in [0.05, 0.1) is 10.7 Å². The number of halogens is 2. The van der Waals surface area contributed by atoms with Crippen molar-refractivity contribution in [2.45, 2.75) is 51.9 Å². The Morgan fingerprint density at radius 2 is 1.97 bits per heavy atom. The number of benzene rings is 1. The number of hydrogen-bond donors (Lipinski definition) is 0. The maximum absolute atomic E-state index is 14.0. The molecule has 0 radical (unpaired) electrons. The molecule has 186 valence electrons. The first-order valence-electron chi connectivity index (χ1n) is 11.6. The number of anilines is 1. The van der Waals surface area contributed by atoms with Crippen LogP contribution in [0, 0.1) is 12.7 Å². The van der Waals surface area contributed by atoms with Gasteiger partial charge in [-0.15, -0.1) is 0 Å². The van der Waals surface area contributed by atoms with E-state index in [1.54, 1.807) is 28.0 Å². The van der Waals surface area contributed by atoms with Gasteiger partial charge in [0.2, 0.25) is 0 Å². The number of aromatic nitrogens is 3. The molecule has 1 aromatic carbocycles. The molecule has 2 aromatic heterocycles. The first kappa shape index (κ1) is 25.3. The lowest BCUT2D eigenvalue weighted by molar-refractivity contribution is 0.0732. The van der Waals surface area contributed by atoms with Crippen LogP contribution in [0.15, 0.2) is 42.7 Å². The Bertz CT molecular complexity index is 1200. The third-order valence-corrected chi connectivity index (χ3v) is 7.98. The summed E-state index contributed by atoms with van der Waals surface area (Å²) in [5.74, 6) is 0.101. The van der Waals surface area contributed by atoms with Gasteiger partial charge in [-0.2, -0.15) is 5.10 Å². The van der Waals surface area contributed by atoms with Crippen LogP contribution in [0.25, 0.3) is 11.3 Å². The summed E-state index contributed by atoms with van der Waals surface area (Å²) >= 11 is 5.80. The number of carbonyl (C=O) groups excluding carboxylic acids is 1. The molecule has 35 heavy (non-hydrogen) atoms. The lowest BCUT2D eigenvalue weighted by Crippen LogP contribution is -2.40. The molecule has 3 aromatic rings. The summed E-state index contributed by atoms with van der Waals surface area (Å²) in [7, 11) is -1.24. The highest BCUT2D eigenvalue weighted by atomic mass is 35.5. The van der Waals surface area contributed by atoms with Gasteiger partial charge in [-0.3, -0.25) is 9.88 Å². The molecule has 1 saturated heterocycles. The minimum atomic E-state index is -1.24. The van der Waals surface area contributed by atoms with Gasteiger partial charge in [0, 0.05) is 51.2 Å². The first-order valence-corrected chi connectivity index (χ1v) is 15.7. The van der Waals surface area contributed by atoms with Crippen LogP contribution in [-0.2, 0) is 16.2 Å². The molecule has 1 amide bonds. The van der Waals surface area contributed by atoms with Crippen LogP contribution in [0.2, 0.25) is 30.7 Å². The van der Waals surface area contributed by atoms with Crippen molar-refractivity contribution in [2.75, 3.05) is 18.1 Å². The molecule has 0 saturated carbocycles. The number of ether oxygens (including phenoxy) is 2. The molecule has 1 unspecified atom stereocenters. The minimum Gasteiger partial charge on any atom is -0.441 e. The van der Waals surface area contributed by atoms with Crippen LogP contribution in [0.3, 0.4) is 0 Å². The Kier molecular flexibility index (Phi) is 7.58. The van der Waals surface area contributed by atoms with E-state index in [1.165, 1.54) is 12.1 Å². The SMILES string of the molecule is Cc1c(-c2ccncc2)nn(COCC[Si](C)(C)C)c1N1CCC(c2ccc(Cl)c(F)c2)OC1=O. The second-order valence-corrected chi connectivity index (χ2v) is 15.9. The predicted molar refractivity (Wildman–Crippen MR) is 137 cm³/mol. The molecule has 0 N–H and O–H groups in total. The van der Waals surface area contributed by atoms with Crippen molar-refractivity contribution in [2.24, 2.45) is 0 Å². The van der Waals surface area contributed by atoms with Crippen LogP contribution in [0.4, 0.5) is 15.0 Å². The molecule has 1 aliphatic rings. The van der Waals surface area contributed by atoms with E-state index in [2.05, 4.69) is 24.6 Å². The van der Waals surface area contributed by atoms with Crippen molar-refractivity contribution in [3.63, 3.8) is 0 Å². The Hall–Kier alpha value is -2.75. The number of hydrogen-bond acceptors (Lipinski definition) is 5. The van der Waals surface area contributed by atoms with Gasteiger partial charge in [0.1, 0.15) is 24.5 Å². The fourth-order valence-electron chi connectivity index (χ4n) is 4.01. The summed E-state index contributed by atoms with van der Waals surface area (Å²) in [5, 5.41) is 4.82. The highest BCUT2D eigenvalue weighted by Gasteiger charge is 2.33. The molecule has 3 heterocycles. The molecule has 10 heteroatoms. The Morgan fingerprint density at radius 1 is 1.23 bits per heavy atom. The number of pyridine rings is 1. The van der Waals surface area contributed by atoms with E-state index in [0.717, 1.165) is 22.9 Å².